The van der Waals surface area contributed by atoms with E-state index in [1.807, 2.05) is 13.8 Å². The molecule has 152 valence electrons. The molecule has 1 aliphatic rings. The van der Waals surface area contributed by atoms with Crippen molar-refractivity contribution in [2.24, 2.45) is 0 Å². The maximum absolute atomic E-state index is 12.5. The summed E-state index contributed by atoms with van der Waals surface area (Å²) in [6.07, 6.45) is -3.31. The third kappa shape index (κ3) is 4.63. The summed E-state index contributed by atoms with van der Waals surface area (Å²) in [6, 6.07) is 4.60. The number of aromatic nitrogens is 2. The topological polar surface area (TPSA) is 68.5 Å². The van der Waals surface area contributed by atoms with Gasteiger partial charge in [-0.15, -0.1) is 13.2 Å². The smallest absolute Gasteiger partial charge is 0.406 e. The van der Waals surface area contributed by atoms with E-state index in [4.69, 9.17) is 4.52 Å². The van der Waals surface area contributed by atoms with Gasteiger partial charge in [-0.2, -0.15) is 4.98 Å². The van der Waals surface area contributed by atoms with Crippen molar-refractivity contribution < 1.29 is 27.2 Å². The number of likely N-dealkylation sites (tertiary alicyclic amines) is 1. The third-order valence-corrected chi connectivity index (χ3v) is 4.85. The van der Waals surface area contributed by atoms with Gasteiger partial charge >= 0.3 is 6.36 Å². The molecule has 0 aliphatic carbocycles. The van der Waals surface area contributed by atoms with Crippen LogP contribution in [0.15, 0.2) is 22.7 Å². The van der Waals surface area contributed by atoms with Crippen LogP contribution in [-0.2, 0) is 4.79 Å². The minimum absolute atomic E-state index is 0.0583. The first-order chi connectivity index (χ1) is 13.2. The number of amides is 1. The fourth-order valence-electron chi connectivity index (χ4n) is 3.45. The number of benzene rings is 1. The minimum Gasteiger partial charge on any atom is -0.406 e. The normalized spacial score (nSPS) is 20.5. The Kier molecular flexibility index (Phi) is 5.62. The molecule has 9 heteroatoms. The van der Waals surface area contributed by atoms with Crippen LogP contribution in [0.3, 0.4) is 0 Å². The summed E-state index contributed by atoms with van der Waals surface area (Å²) in [5, 5.41) is 3.98. The number of halogens is 3. The lowest BCUT2D eigenvalue weighted by Crippen LogP contribution is -2.37. The average molecular weight is 397 g/mol. The zero-order chi connectivity index (χ0) is 20.5. The van der Waals surface area contributed by atoms with E-state index in [-0.39, 0.29) is 23.5 Å². The molecule has 1 amide bonds. The number of alkyl halides is 3. The largest absolute Gasteiger partial charge is 0.573 e. The van der Waals surface area contributed by atoms with E-state index >= 15 is 0 Å². The van der Waals surface area contributed by atoms with Crippen molar-refractivity contribution in [1.29, 1.82) is 0 Å². The number of hydrogen-bond acceptors (Lipinski definition) is 5. The molecule has 0 bridgehead atoms. The van der Waals surface area contributed by atoms with Crippen LogP contribution in [0.5, 0.6) is 5.75 Å². The molecule has 6 nitrogen and oxygen atoms in total. The molecule has 1 fully saturated rings. The van der Waals surface area contributed by atoms with Crippen molar-refractivity contribution in [1.82, 2.24) is 15.0 Å². The van der Waals surface area contributed by atoms with E-state index in [0.717, 1.165) is 12.0 Å². The number of piperidine rings is 1. The zero-order valence-electron chi connectivity index (χ0n) is 15.9. The van der Waals surface area contributed by atoms with Gasteiger partial charge in [0.15, 0.2) is 5.82 Å². The van der Waals surface area contributed by atoms with E-state index in [1.165, 1.54) is 6.07 Å². The molecule has 28 heavy (non-hydrogen) atoms. The maximum atomic E-state index is 12.5. The highest BCUT2D eigenvalue weighted by Gasteiger charge is 2.34. The van der Waals surface area contributed by atoms with Gasteiger partial charge in [0.05, 0.1) is 5.92 Å². The summed E-state index contributed by atoms with van der Waals surface area (Å²) in [5.74, 6) is 0.804. The lowest BCUT2D eigenvalue weighted by molar-refractivity contribution is -0.274. The molecule has 0 radical (unpaired) electrons. The SMILES string of the molecule is Cc1cc(C2CC(c3nc(C(C)C)no3)CN(C=O)C2)ccc1OC(F)(F)F. The lowest BCUT2D eigenvalue weighted by atomic mass is 9.84. The van der Waals surface area contributed by atoms with E-state index < -0.39 is 6.36 Å². The Morgan fingerprint density at radius 3 is 2.57 bits per heavy atom. The zero-order valence-corrected chi connectivity index (χ0v) is 15.9. The van der Waals surface area contributed by atoms with E-state index in [1.54, 1.807) is 24.0 Å². The van der Waals surface area contributed by atoms with Gasteiger partial charge < -0.3 is 14.2 Å². The minimum atomic E-state index is -4.73. The number of nitrogens with zero attached hydrogens (tertiary/aromatic N) is 3. The van der Waals surface area contributed by atoms with Crippen LogP contribution in [0.25, 0.3) is 0 Å². The van der Waals surface area contributed by atoms with E-state index in [9.17, 15) is 18.0 Å². The van der Waals surface area contributed by atoms with Gasteiger partial charge in [-0.25, -0.2) is 0 Å². The molecule has 0 N–H and O–H groups in total. The molecule has 1 aromatic carbocycles. The number of hydrogen-bond donors (Lipinski definition) is 0. The average Bonchev–Trinajstić information content (AvgIpc) is 3.12. The molecule has 0 saturated carbocycles. The molecule has 1 aliphatic heterocycles. The summed E-state index contributed by atoms with van der Waals surface area (Å²) in [7, 11) is 0. The predicted octanol–water partition coefficient (Wildman–Crippen LogP) is 4.13. The third-order valence-electron chi connectivity index (χ3n) is 4.85. The van der Waals surface area contributed by atoms with Gasteiger partial charge in [-0.05, 0) is 30.5 Å². The molecule has 1 saturated heterocycles. The number of aryl methyl sites for hydroxylation is 1. The molecular formula is C19H22F3N3O3. The Hall–Kier alpha value is -2.58. The van der Waals surface area contributed by atoms with Crippen LogP contribution >= 0.6 is 0 Å². The highest BCUT2D eigenvalue weighted by Crippen LogP contribution is 2.37. The highest BCUT2D eigenvalue weighted by atomic mass is 19.4. The summed E-state index contributed by atoms with van der Waals surface area (Å²) < 4.78 is 46.9. The summed E-state index contributed by atoms with van der Waals surface area (Å²) in [4.78, 5) is 17.5. The molecule has 3 rings (SSSR count). The molecule has 2 heterocycles. The van der Waals surface area contributed by atoms with Gasteiger partial charge in [0.1, 0.15) is 5.75 Å². The van der Waals surface area contributed by atoms with E-state index in [2.05, 4.69) is 14.9 Å². The van der Waals surface area contributed by atoms with Crippen molar-refractivity contribution in [2.45, 2.75) is 51.3 Å². The Morgan fingerprint density at radius 2 is 2.00 bits per heavy atom. The first kappa shape index (κ1) is 20.2. The van der Waals surface area contributed by atoms with Crippen molar-refractivity contribution in [2.75, 3.05) is 13.1 Å². The predicted molar refractivity (Wildman–Crippen MR) is 94.0 cm³/mol. The fourth-order valence-corrected chi connectivity index (χ4v) is 3.45. The van der Waals surface area contributed by atoms with Gasteiger partial charge in [-0.3, -0.25) is 4.79 Å². The Bertz CT molecular complexity index is 835. The number of rotatable bonds is 5. The Labute approximate surface area is 160 Å². The van der Waals surface area contributed by atoms with E-state index in [0.29, 0.717) is 36.8 Å². The molecule has 2 aromatic rings. The van der Waals surface area contributed by atoms with Crippen molar-refractivity contribution in [3.05, 3.63) is 41.0 Å². The fraction of sp³-hybridized carbons (Fsp3) is 0.526. The van der Waals surface area contributed by atoms with Crippen LogP contribution in [0.2, 0.25) is 0 Å². The van der Waals surface area contributed by atoms with Crippen LogP contribution in [0.4, 0.5) is 13.2 Å². The van der Waals surface area contributed by atoms with Crippen molar-refractivity contribution in [3.8, 4) is 5.75 Å². The van der Waals surface area contributed by atoms with Gasteiger partial charge in [0.2, 0.25) is 12.3 Å². The number of carbonyl (C=O) groups excluding carboxylic acids is 1. The molecule has 2 atom stereocenters. The first-order valence-corrected chi connectivity index (χ1v) is 9.05. The quantitative estimate of drug-likeness (QED) is 0.710. The molecule has 2 unspecified atom stereocenters. The summed E-state index contributed by atoms with van der Waals surface area (Å²) >= 11 is 0. The monoisotopic (exact) mass is 397 g/mol. The lowest BCUT2D eigenvalue weighted by Gasteiger charge is -2.34. The van der Waals surface area contributed by atoms with Crippen molar-refractivity contribution in [3.63, 3.8) is 0 Å². The van der Waals surface area contributed by atoms with Crippen LogP contribution < -0.4 is 4.74 Å². The molecule has 1 aromatic heterocycles. The second-order valence-electron chi connectivity index (χ2n) is 7.41. The summed E-state index contributed by atoms with van der Waals surface area (Å²) in [5.41, 5.74) is 1.22. The first-order valence-electron chi connectivity index (χ1n) is 9.05. The molecule has 0 spiro atoms. The number of ether oxygens (including phenoxy) is 1. The second kappa shape index (κ2) is 7.81. The Balaban J connectivity index is 1.82. The maximum Gasteiger partial charge on any atom is 0.573 e. The van der Waals surface area contributed by atoms with Gasteiger partial charge in [0, 0.05) is 24.9 Å². The second-order valence-corrected chi connectivity index (χ2v) is 7.41. The van der Waals surface area contributed by atoms with Gasteiger partial charge in [0.25, 0.3) is 0 Å². The van der Waals surface area contributed by atoms with Gasteiger partial charge in [-0.1, -0.05) is 31.1 Å². The standard InChI is InChI=1S/C19H22F3N3O3/c1-11(2)17-23-18(28-24-17)15-7-14(8-25(9-15)10-26)13-4-5-16(12(3)6-13)27-19(20,21)22/h4-6,10-11,14-15H,7-9H2,1-3H3. The highest BCUT2D eigenvalue weighted by molar-refractivity contribution is 5.48. The molecular weight excluding hydrogens is 375 g/mol. The van der Waals surface area contributed by atoms with Crippen molar-refractivity contribution >= 4 is 6.41 Å². The summed E-state index contributed by atoms with van der Waals surface area (Å²) in [6.45, 7) is 6.43. The number of carbonyl (C=O) groups is 1. The van der Waals surface area contributed by atoms with Crippen LogP contribution in [-0.4, -0.2) is 40.9 Å². The van der Waals surface area contributed by atoms with Crippen LogP contribution in [0, 0.1) is 6.92 Å². The Morgan fingerprint density at radius 1 is 1.29 bits per heavy atom. The van der Waals surface area contributed by atoms with Crippen LogP contribution in [0.1, 0.15) is 60.9 Å².